The number of aryl methyl sites for hydroxylation is 2. The summed E-state index contributed by atoms with van der Waals surface area (Å²) in [6.07, 6.45) is -3.33. The lowest BCUT2D eigenvalue weighted by atomic mass is 10.0. The van der Waals surface area contributed by atoms with Crippen molar-refractivity contribution in [2.75, 3.05) is 6.61 Å². The Morgan fingerprint density at radius 1 is 1.00 bits per heavy atom. The van der Waals surface area contributed by atoms with E-state index in [1.165, 1.54) is 28.8 Å². The minimum Gasteiger partial charge on any atom is -0.452 e. The molecule has 0 aliphatic carbocycles. The van der Waals surface area contributed by atoms with E-state index in [1.54, 1.807) is 26.0 Å². The van der Waals surface area contributed by atoms with Crippen LogP contribution in [0.3, 0.4) is 0 Å². The van der Waals surface area contributed by atoms with Gasteiger partial charge in [-0.1, -0.05) is 6.07 Å². The van der Waals surface area contributed by atoms with Crippen molar-refractivity contribution in [3.05, 3.63) is 71.2 Å². The zero-order valence-electron chi connectivity index (χ0n) is 18.1. The molecule has 3 aromatic heterocycles. The maximum atomic E-state index is 14.8. The Hall–Kier alpha value is -3.53. The van der Waals surface area contributed by atoms with Crippen molar-refractivity contribution in [2.24, 2.45) is 0 Å². The van der Waals surface area contributed by atoms with Gasteiger partial charge in [-0.25, -0.2) is 4.39 Å². The number of aromatic nitrogens is 4. The van der Waals surface area contributed by atoms with Crippen molar-refractivity contribution in [1.82, 2.24) is 19.6 Å². The summed E-state index contributed by atoms with van der Waals surface area (Å²) in [4.78, 5) is 4.26. The van der Waals surface area contributed by atoms with Crippen LogP contribution in [-0.2, 0) is 17.5 Å². The molecule has 0 aliphatic rings. The van der Waals surface area contributed by atoms with Crippen molar-refractivity contribution < 1.29 is 27.0 Å². The summed E-state index contributed by atoms with van der Waals surface area (Å²) in [5, 5.41) is 7.55. The van der Waals surface area contributed by atoms with E-state index < -0.39 is 17.6 Å². The molecule has 0 spiro atoms. The third kappa shape index (κ3) is 4.51. The average molecular weight is 460 g/mol. The summed E-state index contributed by atoms with van der Waals surface area (Å²) in [5.74, 6) is -0.335. The number of ether oxygens (including phenoxy) is 2. The van der Waals surface area contributed by atoms with E-state index in [4.69, 9.17) is 9.47 Å². The number of halogens is 4. The molecule has 0 aliphatic heterocycles. The van der Waals surface area contributed by atoms with E-state index in [0.717, 1.165) is 11.8 Å². The van der Waals surface area contributed by atoms with Gasteiger partial charge in [0.15, 0.2) is 23.0 Å². The van der Waals surface area contributed by atoms with Gasteiger partial charge >= 0.3 is 6.18 Å². The number of hydrogen-bond acceptors (Lipinski definition) is 5. The molecule has 0 atom stereocenters. The number of alkyl halides is 3. The van der Waals surface area contributed by atoms with Crippen LogP contribution in [0.15, 0.2) is 42.6 Å². The van der Waals surface area contributed by atoms with Crippen molar-refractivity contribution in [1.29, 1.82) is 0 Å². The number of nitrogens with zero attached hydrogens (tertiary/aromatic N) is 4. The lowest BCUT2D eigenvalue weighted by molar-refractivity contribution is -0.136. The van der Waals surface area contributed by atoms with Crippen LogP contribution in [-0.4, -0.2) is 26.2 Å². The summed E-state index contributed by atoms with van der Waals surface area (Å²) in [5.41, 5.74) is -0.225. The molecule has 3 heterocycles. The standard InChI is InChI=1S/C23H20F4N4O2/c1-4-32-12-20-29-30-22-21(23(25,26)27)16(9-10-31(20)22)15-6-8-19(17(24)11-15)33-18-7-5-13(2)28-14(18)3/h5-11H,4,12H2,1-3H3. The van der Waals surface area contributed by atoms with Gasteiger partial charge in [0, 0.05) is 18.5 Å². The Morgan fingerprint density at radius 2 is 1.76 bits per heavy atom. The van der Waals surface area contributed by atoms with E-state index in [0.29, 0.717) is 18.1 Å². The Balaban J connectivity index is 1.76. The van der Waals surface area contributed by atoms with E-state index in [9.17, 15) is 17.6 Å². The fraction of sp³-hybridized carbons (Fsp3) is 0.261. The fourth-order valence-electron chi connectivity index (χ4n) is 3.47. The van der Waals surface area contributed by atoms with Crippen LogP contribution in [0.2, 0.25) is 0 Å². The largest absolute Gasteiger partial charge is 0.452 e. The predicted molar refractivity (Wildman–Crippen MR) is 112 cm³/mol. The summed E-state index contributed by atoms with van der Waals surface area (Å²) in [6, 6.07) is 8.30. The van der Waals surface area contributed by atoms with Gasteiger partial charge in [-0.15, -0.1) is 10.2 Å². The summed E-state index contributed by atoms with van der Waals surface area (Å²) in [7, 11) is 0. The second kappa shape index (κ2) is 8.78. The Bertz CT molecular complexity index is 1320. The van der Waals surface area contributed by atoms with Gasteiger partial charge in [0.1, 0.15) is 17.9 Å². The molecule has 0 amide bonds. The highest BCUT2D eigenvalue weighted by Crippen LogP contribution is 2.40. The van der Waals surface area contributed by atoms with E-state index >= 15 is 0 Å². The highest BCUT2D eigenvalue weighted by atomic mass is 19.4. The molecule has 0 bridgehead atoms. The third-order valence-corrected chi connectivity index (χ3v) is 5.01. The quantitative estimate of drug-likeness (QED) is 0.336. The third-order valence-electron chi connectivity index (χ3n) is 5.01. The molecule has 6 nitrogen and oxygen atoms in total. The number of pyridine rings is 2. The summed E-state index contributed by atoms with van der Waals surface area (Å²) < 4.78 is 69.0. The molecule has 4 rings (SSSR count). The van der Waals surface area contributed by atoms with Gasteiger partial charge in [-0.05, 0) is 62.2 Å². The van der Waals surface area contributed by atoms with Gasteiger partial charge in [0.2, 0.25) is 0 Å². The first-order valence-electron chi connectivity index (χ1n) is 10.1. The number of fused-ring (bicyclic) bond motifs is 1. The monoisotopic (exact) mass is 460 g/mol. The van der Waals surface area contributed by atoms with Crippen LogP contribution in [0.1, 0.15) is 29.7 Å². The summed E-state index contributed by atoms with van der Waals surface area (Å²) >= 11 is 0. The zero-order chi connectivity index (χ0) is 23.8. The SMILES string of the molecule is CCOCc1nnc2c(C(F)(F)F)c(-c3ccc(Oc4ccc(C)nc4C)c(F)c3)ccn12. The van der Waals surface area contributed by atoms with E-state index in [2.05, 4.69) is 15.2 Å². The van der Waals surface area contributed by atoms with Gasteiger partial charge < -0.3 is 9.47 Å². The van der Waals surface area contributed by atoms with Crippen molar-refractivity contribution in [3.63, 3.8) is 0 Å². The highest BCUT2D eigenvalue weighted by Gasteiger charge is 2.38. The van der Waals surface area contributed by atoms with Crippen molar-refractivity contribution in [2.45, 2.75) is 33.6 Å². The molecule has 4 aromatic rings. The molecule has 0 radical (unpaired) electrons. The van der Waals surface area contributed by atoms with Gasteiger partial charge in [0.05, 0.1) is 5.69 Å². The molecule has 0 saturated heterocycles. The van der Waals surface area contributed by atoms with Crippen LogP contribution >= 0.6 is 0 Å². The summed E-state index contributed by atoms with van der Waals surface area (Å²) in [6.45, 7) is 5.70. The molecular weight excluding hydrogens is 440 g/mol. The zero-order valence-corrected chi connectivity index (χ0v) is 18.1. The van der Waals surface area contributed by atoms with Crippen molar-refractivity contribution in [3.8, 4) is 22.6 Å². The number of hydrogen-bond donors (Lipinski definition) is 0. The van der Waals surface area contributed by atoms with Gasteiger partial charge in [-0.2, -0.15) is 13.2 Å². The first-order valence-corrected chi connectivity index (χ1v) is 10.1. The normalized spacial score (nSPS) is 11.8. The van der Waals surface area contributed by atoms with Gasteiger partial charge in [-0.3, -0.25) is 9.38 Å². The molecule has 0 saturated carbocycles. The topological polar surface area (TPSA) is 61.5 Å². The maximum Gasteiger partial charge on any atom is 0.420 e. The van der Waals surface area contributed by atoms with Crippen LogP contribution in [0.4, 0.5) is 17.6 Å². The molecule has 0 unspecified atom stereocenters. The molecular formula is C23H20F4N4O2. The van der Waals surface area contributed by atoms with Crippen LogP contribution in [0.25, 0.3) is 16.8 Å². The average Bonchev–Trinajstić information content (AvgIpc) is 3.16. The first-order chi connectivity index (χ1) is 15.7. The predicted octanol–water partition coefficient (Wildman–Crippen LogP) is 5.89. The van der Waals surface area contributed by atoms with E-state index in [1.807, 2.05) is 6.92 Å². The first kappa shape index (κ1) is 22.7. The minimum atomic E-state index is -4.75. The molecule has 10 heteroatoms. The smallest absolute Gasteiger partial charge is 0.420 e. The fourth-order valence-corrected chi connectivity index (χ4v) is 3.47. The molecule has 172 valence electrons. The molecule has 0 fully saturated rings. The Kier molecular flexibility index (Phi) is 6.03. The van der Waals surface area contributed by atoms with Gasteiger partial charge in [0.25, 0.3) is 0 Å². The Morgan fingerprint density at radius 3 is 2.42 bits per heavy atom. The van der Waals surface area contributed by atoms with E-state index in [-0.39, 0.29) is 35.0 Å². The molecule has 33 heavy (non-hydrogen) atoms. The molecule has 0 N–H and O–H groups in total. The van der Waals surface area contributed by atoms with Crippen molar-refractivity contribution >= 4 is 5.65 Å². The van der Waals surface area contributed by atoms with Crippen LogP contribution < -0.4 is 4.74 Å². The lowest BCUT2D eigenvalue weighted by Gasteiger charge is -2.15. The second-order valence-corrected chi connectivity index (χ2v) is 7.33. The highest BCUT2D eigenvalue weighted by molar-refractivity contribution is 5.75. The Labute approximate surface area is 186 Å². The second-order valence-electron chi connectivity index (χ2n) is 7.33. The minimum absolute atomic E-state index is 0.0161. The number of benzene rings is 1. The van der Waals surface area contributed by atoms with Crippen LogP contribution in [0, 0.1) is 19.7 Å². The van der Waals surface area contributed by atoms with Crippen LogP contribution in [0.5, 0.6) is 11.5 Å². The number of rotatable bonds is 6. The molecule has 1 aromatic carbocycles. The maximum absolute atomic E-state index is 14.8. The lowest BCUT2D eigenvalue weighted by Crippen LogP contribution is -2.11.